The molecule has 0 spiro atoms. The van der Waals surface area contributed by atoms with E-state index in [4.69, 9.17) is 0 Å². The van der Waals surface area contributed by atoms with Crippen LogP contribution < -0.4 is 0 Å². The molecule has 0 saturated carbocycles. The summed E-state index contributed by atoms with van der Waals surface area (Å²) in [5, 5.41) is 0. The van der Waals surface area contributed by atoms with Gasteiger partial charge in [0.2, 0.25) is 0 Å². The smallest absolute Gasteiger partial charge is 0.178 e. The number of fused-ring (bicyclic) bond motifs is 1. The number of nitrogens with zero attached hydrogens (tertiary/aromatic N) is 2. The number of imidazole rings is 1. The molecule has 0 atom stereocenters. The summed E-state index contributed by atoms with van der Waals surface area (Å²) >= 11 is 5.69. The van der Waals surface area contributed by atoms with Gasteiger partial charge in [-0.05, 0) is 56.7 Å². The molecule has 2 aromatic heterocycles. The molecule has 1 N–H and O–H groups in total. The predicted molar refractivity (Wildman–Crippen MR) is 79.7 cm³/mol. The minimum absolute atomic E-state index is 0.738. The number of pyridine rings is 1. The Balaban J connectivity index is 2.18. The van der Waals surface area contributed by atoms with Gasteiger partial charge in [0.1, 0.15) is 5.82 Å². The maximum Gasteiger partial charge on any atom is 0.178 e. The fourth-order valence-corrected chi connectivity index (χ4v) is 2.52. The van der Waals surface area contributed by atoms with Gasteiger partial charge in [0, 0.05) is 19.8 Å². The van der Waals surface area contributed by atoms with Crippen molar-refractivity contribution in [3.63, 3.8) is 0 Å². The number of aromatic nitrogens is 3. The molecule has 1 aromatic carbocycles. The van der Waals surface area contributed by atoms with Gasteiger partial charge < -0.3 is 4.98 Å². The number of rotatable bonds is 1. The van der Waals surface area contributed by atoms with Crippen molar-refractivity contribution in [2.45, 2.75) is 0 Å². The number of halogens is 2. The van der Waals surface area contributed by atoms with Crippen LogP contribution in [0.1, 0.15) is 0 Å². The lowest BCUT2D eigenvalue weighted by Crippen LogP contribution is -1.80. The third-order valence-corrected chi connectivity index (χ3v) is 3.51. The first kappa shape index (κ1) is 11.2. The van der Waals surface area contributed by atoms with Crippen molar-refractivity contribution in [2.24, 2.45) is 0 Å². The average molecular weight is 400 g/mol. The van der Waals surface area contributed by atoms with E-state index in [1.54, 1.807) is 6.20 Å². The summed E-state index contributed by atoms with van der Waals surface area (Å²) in [7, 11) is 0. The molecule has 5 heteroatoms. The van der Waals surface area contributed by atoms with Crippen LogP contribution in [0.15, 0.2) is 41.0 Å². The molecule has 0 radical (unpaired) electrons. The maximum atomic E-state index is 4.47. The monoisotopic (exact) mass is 399 g/mol. The van der Waals surface area contributed by atoms with Crippen molar-refractivity contribution < 1.29 is 0 Å². The van der Waals surface area contributed by atoms with Crippen LogP contribution in [0.4, 0.5) is 0 Å². The first-order valence-corrected chi connectivity index (χ1v) is 6.87. The fourth-order valence-electron chi connectivity index (χ4n) is 1.65. The van der Waals surface area contributed by atoms with Gasteiger partial charge in [0.15, 0.2) is 5.65 Å². The molecule has 2 heterocycles. The molecule has 0 amide bonds. The molecular formula is C12H7BrIN3. The van der Waals surface area contributed by atoms with E-state index in [-0.39, 0.29) is 0 Å². The molecule has 0 aliphatic rings. The van der Waals surface area contributed by atoms with Gasteiger partial charge in [0.25, 0.3) is 0 Å². The number of hydrogen-bond donors (Lipinski definition) is 1. The van der Waals surface area contributed by atoms with Gasteiger partial charge in [-0.1, -0.05) is 12.1 Å². The van der Waals surface area contributed by atoms with Crippen molar-refractivity contribution in [1.82, 2.24) is 15.0 Å². The Morgan fingerprint density at radius 3 is 2.94 bits per heavy atom. The second-order valence-electron chi connectivity index (χ2n) is 3.62. The Morgan fingerprint density at radius 1 is 1.24 bits per heavy atom. The number of aromatic amines is 1. The highest BCUT2D eigenvalue weighted by molar-refractivity contribution is 14.1. The van der Waals surface area contributed by atoms with E-state index in [0.717, 1.165) is 27.0 Å². The summed E-state index contributed by atoms with van der Waals surface area (Å²) in [4.78, 5) is 12.0. The van der Waals surface area contributed by atoms with E-state index in [9.17, 15) is 0 Å². The number of H-pyrrole nitrogens is 1. The largest absolute Gasteiger partial charge is 0.337 e. The van der Waals surface area contributed by atoms with Crippen LogP contribution in [0.2, 0.25) is 0 Å². The summed E-state index contributed by atoms with van der Waals surface area (Å²) in [6, 6.07) is 10.2. The molecule has 0 bridgehead atoms. The minimum Gasteiger partial charge on any atom is -0.337 e. The summed E-state index contributed by atoms with van der Waals surface area (Å²) < 4.78 is 2.14. The van der Waals surface area contributed by atoms with Crippen molar-refractivity contribution >= 4 is 49.7 Å². The van der Waals surface area contributed by atoms with E-state index in [1.165, 1.54) is 3.57 Å². The topological polar surface area (TPSA) is 41.6 Å². The molecule has 3 rings (SSSR count). The van der Waals surface area contributed by atoms with Gasteiger partial charge in [-0.2, -0.15) is 0 Å². The van der Waals surface area contributed by atoms with E-state index in [2.05, 4.69) is 65.6 Å². The molecule has 0 aliphatic heterocycles. The van der Waals surface area contributed by atoms with Gasteiger partial charge >= 0.3 is 0 Å². The summed E-state index contributed by atoms with van der Waals surface area (Å²) in [6.07, 6.45) is 1.75. The van der Waals surface area contributed by atoms with Crippen LogP contribution in [0, 0.1) is 3.57 Å². The lowest BCUT2D eigenvalue weighted by molar-refractivity contribution is 1.29. The number of hydrogen-bond acceptors (Lipinski definition) is 2. The van der Waals surface area contributed by atoms with E-state index < -0.39 is 0 Å². The second kappa shape index (κ2) is 4.38. The molecule has 0 aliphatic carbocycles. The number of benzene rings is 1. The third kappa shape index (κ3) is 2.21. The molecule has 0 unspecified atom stereocenters. The normalized spacial score (nSPS) is 10.9. The minimum atomic E-state index is 0.738. The molecule has 3 nitrogen and oxygen atoms in total. The van der Waals surface area contributed by atoms with Crippen LogP contribution >= 0.6 is 38.5 Å². The first-order chi connectivity index (χ1) is 8.22. The standard InChI is InChI=1S/C12H7BrIN3/c13-8-5-10-12(15-6-8)17-11(16-10)7-2-1-3-9(14)4-7/h1-6H,(H,15,16,17). The molecular weight excluding hydrogens is 393 g/mol. The van der Waals surface area contributed by atoms with E-state index in [1.807, 2.05) is 18.2 Å². The molecule has 84 valence electrons. The van der Waals surface area contributed by atoms with E-state index in [0.29, 0.717) is 0 Å². The van der Waals surface area contributed by atoms with Gasteiger partial charge in [-0.25, -0.2) is 9.97 Å². The molecule has 0 saturated heterocycles. The lowest BCUT2D eigenvalue weighted by atomic mass is 10.2. The highest BCUT2D eigenvalue weighted by Crippen LogP contribution is 2.22. The van der Waals surface area contributed by atoms with Crippen molar-refractivity contribution in [3.05, 3.63) is 44.6 Å². The Kier molecular flexibility index (Phi) is 2.87. The highest BCUT2D eigenvalue weighted by atomic mass is 127. The molecule has 3 aromatic rings. The predicted octanol–water partition coefficient (Wildman–Crippen LogP) is 3.99. The Hall–Kier alpha value is -0.950. The van der Waals surface area contributed by atoms with Crippen molar-refractivity contribution in [3.8, 4) is 11.4 Å². The van der Waals surface area contributed by atoms with Crippen LogP contribution in [-0.4, -0.2) is 15.0 Å². The van der Waals surface area contributed by atoms with Gasteiger partial charge in [-0.15, -0.1) is 0 Å². The van der Waals surface area contributed by atoms with Crippen LogP contribution in [0.5, 0.6) is 0 Å². The van der Waals surface area contributed by atoms with Gasteiger partial charge in [0.05, 0.1) is 5.52 Å². The summed E-state index contributed by atoms with van der Waals surface area (Å²) in [5.74, 6) is 0.851. The molecule has 0 fully saturated rings. The Labute approximate surface area is 120 Å². The Morgan fingerprint density at radius 2 is 2.12 bits per heavy atom. The number of nitrogens with one attached hydrogen (secondary N) is 1. The van der Waals surface area contributed by atoms with Crippen LogP contribution in [0.3, 0.4) is 0 Å². The fraction of sp³-hybridized carbons (Fsp3) is 0. The zero-order valence-electron chi connectivity index (χ0n) is 8.61. The van der Waals surface area contributed by atoms with Crippen LogP contribution in [0.25, 0.3) is 22.6 Å². The SMILES string of the molecule is Brc1cnc2nc(-c3cccc(I)c3)[nH]c2c1. The average Bonchev–Trinajstić information content (AvgIpc) is 2.72. The van der Waals surface area contributed by atoms with Crippen molar-refractivity contribution in [1.29, 1.82) is 0 Å². The van der Waals surface area contributed by atoms with Crippen LogP contribution in [-0.2, 0) is 0 Å². The summed E-state index contributed by atoms with van der Waals surface area (Å²) in [6.45, 7) is 0. The van der Waals surface area contributed by atoms with Crippen molar-refractivity contribution in [2.75, 3.05) is 0 Å². The lowest BCUT2D eigenvalue weighted by Gasteiger charge is -1.96. The molecule has 17 heavy (non-hydrogen) atoms. The zero-order valence-corrected chi connectivity index (χ0v) is 12.4. The Bertz CT molecular complexity index is 693. The zero-order chi connectivity index (χ0) is 11.8. The quantitative estimate of drug-likeness (QED) is 0.628. The summed E-state index contributed by atoms with van der Waals surface area (Å²) in [5.41, 5.74) is 2.75. The highest BCUT2D eigenvalue weighted by Gasteiger charge is 2.06. The second-order valence-corrected chi connectivity index (χ2v) is 5.78. The maximum absolute atomic E-state index is 4.47. The first-order valence-electron chi connectivity index (χ1n) is 4.99. The van der Waals surface area contributed by atoms with E-state index >= 15 is 0 Å². The third-order valence-electron chi connectivity index (χ3n) is 2.40. The van der Waals surface area contributed by atoms with Gasteiger partial charge in [-0.3, -0.25) is 0 Å².